The standard InChI is InChI=1S/C22H18N2O4/c23-18-10-6-17(7-11-18)22(27)28-14-20(25)15-8-12-19(13-9-15)24-21(26)16-4-2-1-3-5-16/h1-13H,14,23H2,(H,24,26). The van der Waals surface area contributed by atoms with Crippen LogP contribution in [0.2, 0.25) is 0 Å². The molecule has 28 heavy (non-hydrogen) atoms. The van der Waals surface area contributed by atoms with Crippen molar-refractivity contribution >= 4 is 29.0 Å². The molecule has 6 nitrogen and oxygen atoms in total. The Balaban J connectivity index is 1.55. The monoisotopic (exact) mass is 374 g/mol. The van der Waals surface area contributed by atoms with Crippen LogP contribution in [0.1, 0.15) is 31.1 Å². The van der Waals surface area contributed by atoms with E-state index in [1.807, 2.05) is 6.07 Å². The number of anilines is 2. The minimum Gasteiger partial charge on any atom is -0.454 e. The highest BCUT2D eigenvalue weighted by atomic mass is 16.5. The van der Waals surface area contributed by atoms with Gasteiger partial charge in [0.25, 0.3) is 5.91 Å². The predicted octanol–water partition coefficient (Wildman–Crippen LogP) is 3.56. The van der Waals surface area contributed by atoms with E-state index in [0.717, 1.165) is 0 Å². The van der Waals surface area contributed by atoms with Gasteiger partial charge < -0.3 is 15.8 Å². The van der Waals surface area contributed by atoms with E-state index in [2.05, 4.69) is 5.32 Å². The van der Waals surface area contributed by atoms with Crippen molar-refractivity contribution in [3.05, 3.63) is 95.6 Å². The summed E-state index contributed by atoms with van der Waals surface area (Å²) in [5.41, 5.74) is 7.90. The van der Waals surface area contributed by atoms with Gasteiger partial charge in [0.2, 0.25) is 0 Å². The molecule has 0 aromatic heterocycles. The average molecular weight is 374 g/mol. The number of ketones is 1. The summed E-state index contributed by atoms with van der Waals surface area (Å²) in [6.07, 6.45) is 0. The van der Waals surface area contributed by atoms with Gasteiger partial charge in [-0.3, -0.25) is 9.59 Å². The molecule has 140 valence electrons. The van der Waals surface area contributed by atoms with E-state index in [1.54, 1.807) is 60.7 Å². The van der Waals surface area contributed by atoms with Gasteiger partial charge in [-0.1, -0.05) is 18.2 Å². The van der Waals surface area contributed by atoms with Crippen LogP contribution in [-0.4, -0.2) is 24.3 Å². The predicted molar refractivity (Wildman–Crippen MR) is 106 cm³/mol. The molecule has 0 saturated heterocycles. The zero-order chi connectivity index (χ0) is 19.9. The molecule has 0 bridgehead atoms. The van der Waals surface area contributed by atoms with Gasteiger partial charge in [-0.2, -0.15) is 0 Å². The van der Waals surface area contributed by atoms with Crippen LogP contribution in [0.3, 0.4) is 0 Å². The number of nitrogens with two attached hydrogens (primary N) is 1. The molecule has 0 heterocycles. The fourth-order valence-corrected chi connectivity index (χ4v) is 2.45. The molecule has 6 heteroatoms. The van der Waals surface area contributed by atoms with Crippen LogP contribution in [0.5, 0.6) is 0 Å². The third-order valence-electron chi connectivity index (χ3n) is 3.98. The highest BCUT2D eigenvalue weighted by Crippen LogP contribution is 2.13. The van der Waals surface area contributed by atoms with E-state index in [-0.39, 0.29) is 18.3 Å². The Hall–Kier alpha value is -3.93. The van der Waals surface area contributed by atoms with E-state index in [9.17, 15) is 14.4 Å². The Kier molecular flexibility index (Phi) is 5.81. The minimum absolute atomic E-state index is 0.239. The minimum atomic E-state index is -0.597. The number of carbonyl (C=O) groups is 3. The number of carbonyl (C=O) groups excluding carboxylic acids is 3. The number of Topliss-reactive ketones (excluding diaryl/α,β-unsaturated/α-hetero) is 1. The number of nitrogen functional groups attached to an aromatic ring is 1. The lowest BCUT2D eigenvalue weighted by molar-refractivity contribution is 0.0474. The van der Waals surface area contributed by atoms with Crippen molar-refractivity contribution in [2.75, 3.05) is 17.7 Å². The quantitative estimate of drug-likeness (QED) is 0.390. The zero-order valence-corrected chi connectivity index (χ0v) is 14.9. The summed E-state index contributed by atoms with van der Waals surface area (Å²) < 4.78 is 5.04. The van der Waals surface area contributed by atoms with Crippen LogP contribution in [0.15, 0.2) is 78.9 Å². The van der Waals surface area contributed by atoms with Crippen LogP contribution in [0.4, 0.5) is 11.4 Å². The van der Waals surface area contributed by atoms with Gasteiger partial charge in [-0.05, 0) is 60.7 Å². The summed E-state index contributed by atoms with van der Waals surface area (Å²) in [6, 6.07) is 21.4. The lowest BCUT2D eigenvalue weighted by Gasteiger charge is -2.07. The Bertz CT molecular complexity index is 981. The SMILES string of the molecule is Nc1ccc(C(=O)OCC(=O)c2ccc(NC(=O)c3ccccc3)cc2)cc1. The summed E-state index contributed by atoms with van der Waals surface area (Å²) in [4.78, 5) is 36.3. The number of nitrogens with one attached hydrogen (secondary N) is 1. The summed E-state index contributed by atoms with van der Waals surface area (Å²) in [5, 5.41) is 2.75. The number of rotatable bonds is 6. The maximum Gasteiger partial charge on any atom is 0.338 e. The average Bonchev–Trinajstić information content (AvgIpc) is 2.73. The van der Waals surface area contributed by atoms with Crippen LogP contribution in [0, 0.1) is 0 Å². The topological polar surface area (TPSA) is 98.5 Å². The second kappa shape index (κ2) is 8.64. The molecule has 0 saturated carbocycles. The fraction of sp³-hybridized carbons (Fsp3) is 0.0455. The van der Waals surface area contributed by atoms with Crippen LogP contribution in [-0.2, 0) is 4.74 Å². The summed E-state index contributed by atoms with van der Waals surface area (Å²) in [6.45, 7) is -0.376. The molecule has 0 aliphatic heterocycles. The van der Waals surface area contributed by atoms with Gasteiger partial charge in [0.15, 0.2) is 12.4 Å². The number of benzene rings is 3. The number of amides is 1. The van der Waals surface area contributed by atoms with Gasteiger partial charge in [0, 0.05) is 22.5 Å². The van der Waals surface area contributed by atoms with Crippen molar-refractivity contribution < 1.29 is 19.1 Å². The second-order valence-corrected chi connectivity index (χ2v) is 6.02. The van der Waals surface area contributed by atoms with Crippen molar-refractivity contribution in [3.8, 4) is 0 Å². The lowest BCUT2D eigenvalue weighted by Crippen LogP contribution is -2.15. The number of ether oxygens (including phenoxy) is 1. The first kappa shape index (κ1) is 18.8. The molecule has 0 aliphatic rings. The molecule has 0 spiro atoms. The summed E-state index contributed by atoms with van der Waals surface area (Å²) in [5.74, 6) is -1.18. The molecule has 3 aromatic carbocycles. The molecular weight excluding hydrogens is 356 g/mol. The highest BCUT2D eigenvalue weighted by molar-refractivity contribution is 6.05. The molecule has 1 amide bonds. The molecule has 3 rings (SSSR count). The maximum absolute atomic E-state index is 12.2. The summed E-state index contributed by atoms with van der Waals surface area (Å²) >= 11 is 0. The second-order valence-electron chi connectivity index (χ2n) is 6.02. The molecule has 0 radical (unpaired) electrons. The number of esters is 1. The van der Waals surface area contributed by atoms with E-state index in [0.29, 0.717) is 28.1 Å². The molecule has 3 aromatic rings. The summed E-state index contributed by atoms with van der Waals surface area (Å²) in [7, 11) is 0. The Labute approximate surface area is 161 Å². The Morgan fingerprint density at radius 1 is 0.750 bits per heavy atom. The first-order valence-electron chi connectivity index (χ1n) is 8.55. The zero-order valence-electron chi connectivity index (χ0n) is 14.9. The van der Waals surface area contributed by atoms with Gasteiger partial charge in [-0.25, -0.2) is 4.79 Å². The third kappa shape index (κ3) is 4.82. The van der Waals surface area contributed by atoms with E-state index in [4.69, 9.17) is 10.5 Å². The van der Waals surface area contributed by atoms with Gasteiger partial charge >= 0.3 is 5.97 Å². The Morgan fingerprint density at radius 3 is 2.00 bits per heavy atom. The molecule has 0 aliphatic carbocycles. The number of hydrogen-bond donors (Lipinski definition) is 2. The molecule has 0 atom stereocenters. The first-order chi connectivity index (χ1) is 13.5. The van der Waals surface area contributed by atoms with Gasteiger partial charge in [0.1, 0.15) is 0 Å². The van der Waals surface area contributed by atoms with E-state index < -0.39 is 5.97 Å². The van der Waals surface area contributed by atoms with Crippen molar-refractivity contribution in [1.29, 1.82) is 0 Å². The highest BCUT2D eigenvalue weighted by Gasteiger charge is 2.12. The lowest BCUT2D eigenvalue weighted by atomic mass is 10.1. The van der Waals surface area contributed by atoms with Gasteiger partial charge in [-0.15, -0.1) is 0 Å². The van der Waals surface area contributed by atoms with Crippen LogP contribution in [0.25, 0.3) is 0 Å². The fourth-order valence-electron chi connectivity index (χ4n) is 2.45. The smallest absolute Gasteiger partial charge is 0.338 e. The largest absolute Gasteiger partial charge is 0.454 e. The van der Waals surface area contributed by atoms with Crippen molar-refractivity contribution in [2.45, 2.75) is 0 Å². The van der Waals surface area contributed by atoms with E-state index >= 15 is 0 Å². The first-order valence-corrected chi connectivity index (χ1v) is 8.55. The maximum atomic E-state index is 12.2. The van der Waals surface area contributed by atoms with Crippen molar-refractivity contribution in [3.63, 3.8) is 0 Å². The van der Waals surface area contributed by atoms with Gasteiger partial charge in [0.05, 0.1) is 5.56 Å². The number of hydrogen-bond acceptors (Lipinski definition) is 5. The third-order valence-corrected chi connectivity index (χ3v) is 3.98. The van der Waals surface area contributed by atoms with Crippen LogP contribution >= 0.6 is 0 Å². The Morgan fingerprint density at radius 2 is 1.36 bits per heavy atom. The molecule has 0 unspecified atom stereocenters. The molecule has 0 fully saturated rings. The normalized spacial score (nSPS) is 10.1. The van der Waals surface area contributed by atoms with E-state index in [1.165, 1.54) is 12.1 Å². The van der Waals surface area contributed by atoms with Crippen LogP contribution < -0.4 is 11.1 Å². The molecule has 3 N–H and O–H groups in total. The van der Waals surface area contributed by atoms with Crippen molar-refractivity contribution in [2.24, 2.45) is 0 Å². The molecular formula is C22H18N2O4. The van der Waals surface area contributed by atoms with Crippen molar-refractivity contribution in [1.82, 2.24) is 0 Å².